The summed E-state index contributed by atoms with van der Waals surface area (Å²) in [6, 6.07) is 9.54. The van der Waals surface area contributed by atoms with Gasteiger partial charge in [-0.25, -0.2) is 0 Å². The number of ketones is 1. The van der Waals surface area contributed by atoms with Crippen molar-refractivity contribution in [3.05, 3.63) is 56.9 Å². The molecule has 0 unspecified atom stereocenters. The van der Waals surface area contributed by atoms with Gasteiger partial charge in [-0.2, -0.15) is 5.26 Å². The number of rotatable bonds is 2. The molecule has 0 fully saturated rings. The van der Waals surface area contributed by atoms with Crippen LogP contribution in [0.25, 0.3) is 10.9 Å². The van der Waals surface area contributed by atoms with Gasteiger partial charge in [-0.1, -0.05) is 6.07 Å². The lowest BCUT2D eigenvalue weighted by atomic mass is 10.1. The van der Waals surface area contributed by atoms with Crippen molar-refractivity contribution in [2.24, 2.45) is 0 Å². The molecule has 3 nitrogen and oxygen atoms in total. The number of aryl methyl sites for hydroxylation is 2. The minimum Gasteiger partial charge on any atom is -0.360 e. The number of fused-ring (bicyclic) bond motifs is 2. The summed E-state index contributed by atoms with van der Waals surface area (Å²) in [6.07, 6.45) is 5.16. The quantitative estimate of drug-likeness (QED) is 0.730. The third kappa shape index (κ3) is 1.90. The summed E-state index contributed by atoms with van der Waals surface area (Å²) in [5, 5.41) is 9.81. The minimum atomic E-state index is 0.0744. The molecule has 0 bridgehead atoms. The van der Waals surface area contributed by atoms with Crippen molar-refractivity contribution >= 4 is 28.0 Å². The van der Waals surface area contributed by atoms with Crippen molar-refractivity contribution in [1.82, 2.24) is 4.98 Å². The van der Waals surface area contributed by atoms with Crippen LogP contribution >= 0.6 is 11.3 Å². The maximum Gasteiger partial charge on any atom is 0.205 e. The molecule has 1 N–H and O–H groups in total. The van der Waals surface area contributed by atoms with Gasteiger partial charge in [-0.05, 0) is 43.0 Å². The van der Waals surface area contributed by atoms with Gasteiger partial charge in [0.15, 0.2) is 0 Å². The van der Waals surface area contributed by atoms with E-state index in [0.717, 1.165) is 28.6 Å². The monoisotopic (exact) mass is 292 g/mol. The number of hydrogen-bond donors (Lipinski definition) is 1. The zero-order valence-electron chi connectivity index (χ0n) is 11.3. The zero-order chi connectivity index (χ0) is 14.4. The second kappa shape index (κ2) is 4.57. The molecule has 4 heteroatoms. The number of benzene rings is 1. The van der Waals surface area contributed by atoms with Crippen molar-refractivity contribution < 1.29 is 4.79 Å². The first-order valence-corrected chi connectivity index (χ1v) is 7.75. The van der Waals surface area contributed by atoms with E-state index in [9.17, 15) is 4.79 Å². The molecule has 21 heavy (non-hydrogen) atoms. The Morgan fingerprint density at radius 3 is 3.00 bits per heavy atom. The molecule has 4 rings (SSSR count). The first-order valence-electron chi connectivity index (χ1n) is 6.94. The molecule has 1 aromatic carbocycles. The predicted octanol–water partition coefficient (Wildman–Crippen LogP) is 3.82. The van der Waals surface area contributed by atoms with E-state index in [0.29, 0.717) is 11.1 Å². The maximum atomic E-state index is 12.7. The van der Waals surface area contributed by atoms with Gasteiger partial charge < -0.3 is 4.98 Å². The van der Waals surface area contributed by atoms with E-state index in [-0.39, 0.29) is 5.78 Å². The average molecular weight is 292 g/mol. The third-order valence-electron chi connectivity index (χ3n) is 4.03. The molecule has 0 atom stereocenters. The topological polar surface area (TPSA) is 56.6 Å². The number of hydrogen-bond acceptors (Lipinski definition) is 3. The van der Waals surface area contributed by atoms with Crippen LogP contribution in [-0.4, -0.2) is 10.8 Å². The van der Waals surface area contributed by atoms with E-state index in [2.05, 4.69) is 17.1 Å². The van der Waals surface area contributed by atoms with Crippen LogP contribution < -0.4 is 0 Å². The second-order valence-corrected chi connectivity index (χ2v) is 6.45. The molecule has 0 saturated heterocycles. The Bertz CT molecular complexity index is 889. The highest BCUT2D eigenvalue weighted by molar-refractivity contribution is 7.14. The van der Waals surface area contributed by atoms with Gasteiger partial charge in [0.05, 0.1) is 16.5 Å². The number of nitriles is 1. The predicted molar refractivity (Wildman–Crippen MR) is 82.8 cm³/mol. The second-order valence-electron chi connectivity index (χ2n) is 5.32. The lowest BCUT2D eigenvalue weighted by molar-refractivity contribution is 0.104. The largest absolute Gasteiger partial charge is 0.360 e. The number of nitrogens with one attached hydrogen (secondary N) is 1. The first-order chi connectivity index (χ1) is 10.3. The normalized spacial score (nSPS) is 13.3. The lowest BCUT2D eigenvalue weighted by Gasteiger charge is -1.97. The Hall–Kier alpha value is -2.38. The van der Waals surface area contributed by atoms with Crippen LogP contribution in [0.5, 0.6) is 0 Å². The Kier molecular flexibility index (Phi) is 2.69. The van der Waals surface area contributed by atoms with Gasteiger partial charge in [0.2, 0.25) is 5.78 Å². The summed E-state index contributed by atoms with van der Waals surface area (Å²) in [6.45, 7) is 0. The summed E-state index contributed by atoms with van der Waals surface area (Å²) < 4.78 is 0. The molecular weight excluding hydrogens is 280 g/mol. The summed E-state index contributed by atoms with van der Waals surface area (Å²) in [5.41, 5.74) is 3.46. The van der Waals surface area contributed by atoms with Gasteiger partial charge in [-0.15, -0.1) is 11.3 Å². The van der Waals surface area contributed by atoms with Crippen molar-refractivity contribution in [3.8, 4) is 6.07 Å². The standard InChI is InChI=1S/C17H12N2OS/c18-8-10-4-5-12-13(9-19-14(12)6-10)17(20)16-7-11-2-1-3-15(11)21-16/h4-7,9,19H,1-3H2. The molecule has 2 heterocycles. The molecule has 1 aliphatic carbocycles. The fourth-order valence-corrected chi connectivity index (χ4v) is 4.17. The smallest absolute Gasteiger partial charge is 0.205 e. The van der Waals surface area contributed by atoms with Crippen molar-refractivity contribution in [2.45, 2.75) is 19.3 Å². The van der Waals surface area contributed by atoms with Crippen LogP contribution in [-0.2, 0) is 12.8 Å². The lowest BCUT2D eigenvalue weighted by Crippen LogP contribution is -1.97. The third-order valence-corrected chi connectivity index (χ3v) is 5.26. The molecule has 0 amide bonds. The fourth-order valence-electron chi connectivity index (χ4n) is 2.96. The summed E-state index contributed by atoms with van der Waals surface area (Å²) in [7, 11) is 0. The maximum absolute atomic E-state index is 12.7. The first kappa shape index (κ1) is 12.4. The van der Waals surface area contributed by atoms with Crippen molar-refractivity contribution in [2.75, 3.05) is 0 Å². The zero-order valence-corrected chi connectivity index (χ0v) is 12.1. The molecule has 0 radical (unpaired) electrons. The number of thiophene rings is 1. The number of aromatic nitrogens is 1. The summed E-state index contributed by atoms with van der Waals surface area (Å²) >= 11 is 1.63. The van der Waals surface area contributed by atoms with Crippen LogP contribution in [0.15, 0.2) is 30.5 Å². The molecule has 0 aliphatic heterocycles. The summed E-state index contributed by atoms with van der Waals surface area (Å²) in [4.78, 5) is 18.0. The highest BCUT2D eigenvalue weighted by Crippen LogP contribution is 2.33. The average Bonchev–Trinajstić information content (AvgIpc) is 3.19. The molecule has 2 aromatic heterocycles. The van der Waals surface area contributed by atoms with E-state index in [1.807, 2.05) is 6.07 Å². The van der Waals surface area contributed by atoms with Crippen LogP contribution in [0.1, 0.15) is 37.7 Å². The molecular formula is C17H12N2OS. The van der Waals surface area contributed by atoms with E-state index in [1.54, 1.807) is 29.7 Å². The molecule has 0 spiro atoms. The fraction of sp³-hybridized carbons (Fsp3) is 0.176. The van der Waals surface area contributed by atoms with Gasteiger partial charge in [-0.3, -0.25) is 4.79 Å². The number of carbonyl (C=O) groups excluding carboxylic acids is 1. The van der Waals surface area contributed by atoms with E-state index in [1.165, 1.54) is 16.9 Å². The van der Waals surface area contributed by atoms with Gasteiger partial charge in [0.25, 0.3) is 0 Å². The van der Waals surface area contributed by atoms with E-state index >= 15 is 0 Å². The highest BCUT2D eigenvalue weighted by atomic mass is 32.1. The Morgan fingerprint density at radius 2 is 2.19 bits per heavy atom. The van der Waals surface area contributed by atoms with Crippen molar-refractivity contribution in [1.29, 1.82) is 5.26 Å². The number of H-pyrrole nitrogens is 1. The molecule has 102 valence electrons. The number of aromatic amines is 1. The van der Waals surface area contributed by atoms with Gasteiger partial charge >= 0.3 is 0 Å². The van der Waals surface area contributed by atoms with Gasteiger partial charge in [0.1, 0.15) is 0 Å². The van der Waals surface area contributed by atoms with Crippen LogP contribution in [0.4, 0.5) is 0 Å². The Labute approximate surface area is 125 Å². The SMILES string of the molecule is N#Cc1ccc2c(C(=O)c3cc4c(s3)CCC4)c[nH]c2c1. The molecule has 0 saturated carbocycles. The molecule has 1 aliphatic rings. The van der Waals surface area contributed by atoms with E-state index in [4.69, 9.17) is 5.26 Å². The van der Waals surface area contributed by atoms with Crippen LogP contribution in [0.2, 0.25) is 0 Å². The van der Waals surface area contributed by atoms with Crippen LogP contribution in [0, 0.1) is 11.3 Å². The number of nitrogens with zero attached hydrogens (tertiary/aromatic N) is 1. The Morgan fingerprint density at radius 1 is 1.29 bits per heavy atom. The highest BCUT2D eigenvalue weighted by Gasteiger charge is 2.21. The summed E-state index contributed by atoms with van der Waals surface area (Å²) in [5.74, 6) is 0.0744. The van der Waals surface area contributed by atoms with E-state index < -0.39 is 0 Å². The van der Waals surface area contributed by atoms with Gasteiger partial charge in [0, 0.05) is 27.5 Å². The van der Waals surface area contributed by atoms with Crippen LogP contribution in [0.3, 0.4) is 0 Å². The van der Waals surface area contributed by atoms with Crippen molar-refractivity contribution in [3.63, 3.8) is 0 Å². The molecule has 3 aromatic rings. The number of carbonyl (C=O) groups is 1. The minimum absolute atomic E-state index is 0.0744. The Balaban J connectivity index is 1.78.